The number of benzene rings is 2. The molecule has 0 saturated carbocycles. The highest BCUT2D eigenvalue weighted by Crippen LogP contribution is 2.38. The number of rotatable bonds is 8. The van der Waals surface area contributed by atoms with E-state index in [1.165, 1.54) is 6.92 Å². The van der Waals surface area contributed by atoms with Crippen molar-refractivity contribution in [2.75, 3.05) is 6.61 Å². The number of Topliss-reactive ketones (excluding diaryl/α,β-unsaturated/α-hetero) is 1. The summed E-state index contributed by atoms with van der Waals surface area (Å²) in [5.74, 6) is -2.59. The van der Waals surface area contributed by atoms with E-state index in [9.17, 15) is 14.4 Å². The summed E-state index contributed by atoms with van der Waals surface area (Å²) >= 11 is 17.4. The second-order valence-corrected chi connectivity index (χ2v) is 11.3. The molecular formula is C27H26Cl3NO9. The smallest absolute Gasteiger partial charge is 0.338 e. The summed E-state index contributed by atoms with van der Waals surface area (Å²) in [6, 6.07) is 17.2. The minimum absolute atomic E-state index is 0.0322. The number of hydrogen-bond donors (Lipinski definition) is 1. The predicted octanol–water partition coefficient (Wildman–Crippen LogP) is 4.70. The van der Waals surface area contributed by atoms with Crippen LogP contribution in [-0.2, 0) is 38.0 Å². The highest BCUT2D eigenvalue weighted by molar-refractivity contribution is 6.76. The first-order chi connectivity index (χ1) is 19.0. The van der Waals surface area contributed by atoms with Gasteiger partial charge in [0.2, 0.25) is 18.3 Å². The summed E-state index contributed by atoms with van der Waals surface area (Å²) < 4.78 is 32.8. The van der Waals surface area contributed by atoms with Crippen LogP contribution in [0.3, 0.4) is 0 Å². The molecule has 2 saturated heterocycles. The quantitative estimate of drug-likeness (QED) is 0.195. The zero-order valence-corrected chi connectivity index (χ0v) is 23.4. The zero-order chi connectivity index (χ0) is 28.9. The van der Waals surface area contributed by atoms with Crippen LogP contribution in [0.2, 0.25) is 0 Å². The first-order valence-electron chi connectivity index (χ1n) is 12.3. The van der Waals surface area contributed by atoms with Gasteiger partial charge in [-0.1, -0.05) is 83.3 Å². The summed E-state index contributed by atoms with van der Waals surface area (Å²) in [6.07, 6.45) is -7.43. The summed E-state index contributed by atoms with van der Waals surface area (Å²) in [6.45, 7) is 1.30. The van der Waals surface area contributed by atoms with Crippen LogP contribution in [-0.4, -0.2) is 64.7 Å². The Morgan fingerprint density at radius 3 is 2.17 bits per heavy atom. The molecule has 2 aromatic carbocycles. The molecule has 0 aliphatic carbocycles. The first-order valence-corrected chi connectivity index (χ1v) is 13.4. The standard InChI is InChI=1S/C27H26Cl3NO9/c1-15(32)12-13-19(33)37-22-21(38-23(34)16-8-4-2-5-9-16)20-18(36-25(22)40-26(31)27(28,29)30)14-35-24(39-20)17-10-6-3-7-11-17/h2-11,18,20-22,24-25,31H,12-14H2,1H3/t18-,20-,21+,22-,24-,25-/m1/s1. The molecule has 2 aromatic rings. The molecule has 0 unspecified atom stereocenters. The number of alkyl halides is 3. The van der Waals surface area contributed by atoms with Crippen LogP contribution in [0.25, 0.3) is 0 Å². The Morgan fingerprint density at radius 2 is 1.55 bits per heavy atom. The number of ether oxygens (including phenoxy) is 6. The van der Waals surface area contributed by atoms with Gasteiger partial charge in [-0.3, -0.25) is 10.2 Å². The lowest BCUT2D eigenvalue weighted by Gasteiger charge is -2.48. The number of fused-ring (bicyclic) bond motifs is 1. The van der Waals surface area contributed by atoms with Crippen LogP contribution in [0.15, 0.2) is 60.7 Å². The third-order valence-electron chi connectivity index (χ3n) is 6.05. The summed E-state index contributed by atoms with van der Waals surface area (Å²) in [4.78, 5) is 37.4. The van der Waals surface area contributed by atoms with Gasteiger partial charge in [-0.15, -0.1) is 0 Å². The van der Waals surface area contributed by atoms with Gasteiger partial charge < -0.3 is 33.2 Å². The second-order valence-electron chi connectivity index (χ2n) is 9.06. The average Bonchev–Trinajstić information content (AvgIpc) is 2.93. The van der Waals surface area contributed by atoms with Crippen LogP contribution >= 0.6 is 34.8 Å². The van der Waals surface area contributed by atoms with Gasteiger partial charge in [0.15, 0.2) is 12.4 Å². The average molecular weight is 615 g/mol. The SMILES string of the molecule is CC(=O)CCC(=O)O[C@H]1[C@@H](OC(=N)C(Cl)(Cl)Cl)O[C@@H]2CO[C@@H](c3ccccc3)O[C@H]2[C@@H]1OC(=O)c1ccccc1. The van der Waals surface area contributed by atoms with E-state index in [-0.39, 0.29) is 30.8 Å². The topological polar surface area (TPSA) is 130 Å². The Kier molecular flexibility index (Phi) is 10.0. The highest BCUT2D eigenvalue weighted by atomic mass is 35.6. The minimum Gasteiger partial charge on any atom is -0.452 e. The van der Waals surface area contributed by atoms with Gasteiger partial charge in [-0.2, -0.15) is 0 Å². The molecule has 214 valence electrons. The van der Waals surface area contributed by atoms with Crippen LogP contribution in [0.5, 0.6) is 0 Å². The zero-order valence-electron chi connectivity index (χ0n) is 21.2. The van der Waals surface area contributed by atoms with Crippen molar-refractivity contribution in [1.82, 2.24) is 0 Å². The molecule has 0 amide bonds. The lowest BCUT2D eigenvalue weighted by atomic mass is 9.97. The molecule has 40 heavy (non-hydrogen) atoms. The second kappa shape index (κ2) is 13.3. The predicted molar refractivity (Wildman–Crippen MR) is 143 cm³/mol. The Labute approximate surface area is 245 Å². The van der Waals surface area contributed by atoms with E-state index in [1.54, 1.807) is 42.5 Å². The minimum atomic E-state index is -2.27. The third kappa shape index (κ3) is 7.72. The van der Waals surface area contributed by atoms with E-state index in [4.69, 9.17) is 68.6 Å². The summed E-state index contributed by atoms with van der Waals surface area (Å²) in [5.41, 5.74) is 0.922. The Balaban J connectivity index is 1.68. The molecule has 0 spiro atoms. The first kappa shape index (κ1) is 30.2. The number of carbonyl (C=O) groups is 3. The van der Waals surface area contributed by atoms with E-state index in [1.807, 2.05) is 18.2 Å². The van der Waals surface area contributed by atoms with Gasteiger partial charge in [0, 0.05) is 12.0 Å². The summed E-state index contributed by atoms with van der Waals surface area (Å²) in [7, 11) is 0. The van der Waals surface area contributed by atoms with Gasteiger partial charge in [-0.05, 0) is 19.1 Å². The van der Waals surface area contributed by atoms with Crippen molar-refractivity contribution >= 4 is 58.4 Å². The van der Waals surface area contributed by atoms with Gasteiger partial charge in [0.05, 0.1) is 18.6 Å². The van der Waals surface area contributed by atoms with E-state index in [0.29, 0.717) is 5.56 Å². The number of halogens is 3. The Bertz CT molecular complexity index is 1210. The number of ketones is 1. The van der Waals surface area contributed by atoms with Crippen LogP contribution < -0.4 is 0 Å². The van der Waals surface area contributed by atoms with E-state index in [0.717, 1.165) is 0 Å². The van der Waals surface area contributed by atoms with Gasteiger partial charge >= 0.3 is 11.9 Å². The van der Waals surface area contributed by atoms with Crippen molar-refractivity contribution in [3.63, 3.8) is 0 Å². The maximum atomic E-state index is 13.2. The number of carbonyl (C=O) groups excluding carboxylic acids is 3. The fourth-order valence-electron chi connectivity index (χ4n) is 4.12. The summed E-state index contributed by atoms with van der Waals surface area (Å²) in [5, 5.41) is 8.05. The molecule has 2 heterocycles. The van der Waals surface area contributed by atoms with Crippen molar-refractivity contribution < 1.29 is 42.8 Å². The van der Waals surface area contributed by atoms with Crippen LogP contribution in [0.4, 0.5) is 0 Å². The molecular weight excluding hydrogens is 589 g/mol. The van der Waals surface area contributed by atoms with Crippen LogP contribution in [0, 0.1) is 5.41 Å². The van der Waals surface area contributed by atoms with Crippen molar-refractivity contribution in [3.05, 3.63) is 71.8 Å². The highest BCUT2D eigenvalue weighted by Gasteiger charge is 2.55. The molecule has 0 aromatic heterocycles. The normalized spacial score (nSPS) is 26.2. The van der Waals surface area contributed by atoms with Crippen molar-refractivity contribution in [3.8, 4) is 0 Å². The molecule has 0 bridgehead atoms. The molecule has 2 aliphatic rings. The molecule has 6 atom stereocenters. The van der Waals surface area contributed by atoms with Crippen LogP contribution in [0.1, 0.15) is 42.0 Å². The fourth-order valence-corrected chi connectivity index (χ4v) is 4.25. The van der Waals surface area contributed by atoms with Gasteiger partial charge in [0.1, 0.15) is 18.0 Å². The van der Waals surface area contributed by atoms with E-state index >= 15 is 0 Å². The molecule has 2 aliphatic heterocycles. The molecule has 2 fully saturated rings. The van der Waals surface area contributed by atoms with E-state index in [2.05, 4.69) is 0 Å². The number of nitrogens with one attached hydrogen (secondary N) is 1. The van der Waals surface area contributed by atoms with Crippen molar-refractivity contribution in [2.45, 2.75) is 60.6 Å². The largest absolute Gasteiger partial charge is 0.452 e. The molecule has 1 N–H and O–H groups in total. The Hall–Kier alpha value is -2.73. The van der Waals surface area contributed by atoms with E-state index < -0.39 is 58.6 Å². The molecule has 4 rings (SSSR count). The number of hydrogen-bond acceptors (Lipinski definition) is 10. The lowest BCUT2D eigenvalue weighted by molar-refractivity contribution is -0.352. The van der Waals surface area contributed by atoms with Gasteiger partial charge in [-0.25, -0.2) is 4.79 Å². The Morgan fingerprint density at radius 1 is 0.900 bits per heavy atom. The molecule has 0 radical (unpaired) electrons. The molecule has 13 heteroatoms. The van der Waals surface area contributed by atoms with Crippen molar-refractivity contribution in [2.24, 2.45) is 0 Å². The van der Waals surface area contributed by atoms with Crippen molar-refractivity contribution in [1.29, 1.82) is 5.41 Å². The lowest BCUT2D eigenvalue weighted by Crippen LogP contribution is -2.64. The fraction of sp³-hybridized carbons (Fsp3) is 0.407. The maximum Gasteiger partial charge on any atom is 0.338 e. The van der Waals surface area contributed by atoms with Gasteiger partial charge in [0.25, 0.3) is 3.79 Å². The third-order valence-corrected chi connectivity index (χ3v) is 6.56. The molecule has 10 nitrogen and oxygen atoms in total. The maximum absolute atomic E-state index is 13.2. The number of esters is 2. The monoisotopic (exact) mass is 613 g/mol.